The number of ether oxygens (including phenoxy) is 1. The van der Waals surface area contributed by atoms with Gasteiger partial charge in [0.1, 0.15) is 16.9 Å². The van der Waals surface area contributed by atoms with Gasteiger partial charge in [0.2, 0.25) is 0 Å². The van der Waals surface area contributed by atoms with Gasteiger partial charge in [-0.15, -0.1) is 0 Å². The molecule has 1 aliphatic rings. The Morgan fingerprint density at radius 3 is 3.06 bits per heavy atom. The van der Waals surface area contributed by atoms with Crippen LogP contribution < -0.4 is 0 Å². The zero-order valence-electron chi connectivity index (χ0n) is 9.55. The van der Waals surface area contributed by atoms with Gasteiger partial charge >= 0.3 is 5.97 Å². The quantitative estimate of drug-likeness (QED) is 0.792. The zero-order valence-corrected chi connectivity index (χ0v) is 11.1. The summed E-state index contributed by atoms with van der Waals surface area (Å²) < 4.78 is 10.6. The van der Waals surface area contributed by atoms with Crippen LogP contribution in [0.25, 0.3) is 11.1 Å². The van der Waals surface area contributed by atoms with Gasteiger partial charge in [-0.25, -0.2) is 4.98 Å². The van der Waals surface area contributed by atoms with Crippen molar-refractivity contribution in [2.75, 3.05) is 0 Å². The number of rotatable bonds is 2. The molecule has 2 heterocycles. The Bertz CT molecular complexity index is 612. The normalized spacial score (nSPS) is 23.6. The third-order valence-corrected chi connectivity index (χ3v) is 3.98. The molecule has 1 aromatic carbocycles. The lowest BCUT2D eigenvalue weighted by atomic mass is 10.3. The second-order valence-electron chi connectivity index (χ2n) is 4.18. The molecule has 0 saturated carbocycles. The molecular weight excluding hydrogens is 274 g/mol. The molecule has 94 valence electrons. The number of cyclic esters (lactones) is 1. The summed E-state index contributed by atoms with van der Waals surface area (Å²) in [6, 6.07) is 5.25. The summed E-state index contributed by atoms with van der Waals surface area (Å²) in [6.45, 7) is 1.88. The molecule has 1 fully saturated rings. The van der Waals surface area contributed by atoms with Crippen LogP contribution in [-0.2, 0) is 9.53 Å². The molecule has 0 radical (unpaired) electrons. The highest BCUT2D eigenvalue weighted by Crippen LogP contribution is 2.33. The predicted octanol–water partition coefficient (Wildman–Crippen LogP) is 3.28. The number of carbonyl (C=O) groups is 1. The van der Waals surface area contributed by atoms with Gasteiger partial charge in [-0.3, -0.25) is 4.79 Å². The molecule has 18 heavy (non-hydrogen) atoms. The standard InChI is InChI=1S/C12H10ClNO3S/c1-6-4-10(11(15)16-6)18-12-14-8-5-7(13)2-3-9(8)17-12/h2-3,5-6,10H,4H2,1H3/t6-,10+/m1/s1. The van der Waals surface area contributed by atoms with Crippen molar-refractivity contribution in [1.29, 1.82) is 0 Å². The molecule has 0 amide bonds. The van der Waals surface area contributed by atoms with Crippen LogP contribution >= 0.6 is 23.4 Å². The number of hydrogen-bond acceptors (Lipinski definition) is 5. The lowest BCUT2D eigenvalue weighted by Crippen LogP contribution is -2.09. The topological polar surface area (TPSA) is 52.3 Å². The summed E-state index contributed by atoms with van der Waals surface area (Å²) in [4.78, 5) is 15.8. The van der Waals surface area contributed by atoms with E-state index in [-0.39, 0.29) is 17.3 Å². The number of esters is 1. The first-order chi connectivity index (χ1) is 8.61. The van der Waals surface area contributed by atoms with Gasteiger partial charge in [0.05, 0.1) is 0 Å². The van der Waals surface area contributed by atoms with Crippen molar-refractivity contribution in [2.24, 2.45) is 0 Å². The zero-order chi connectivity index (χ0) is 12.7. The molecule has 1 saturated heterocycles. The van der Waals surface area contributed by atoms with Crippen LogP contribution in [0.3, 0.4) is 0 Å². The van der Waals surface area contributed by atoms with Crippen LogP contribution in [0.5, 0.6) is 0 Å². The van der Waals surface area contributed by atoms with Crippen molar-refractivity contribution in [3.63, 3.8) is 0 Å². The van der Waals surface area contributed by atoms with Crippen molar-refractivity contribution < 1.29 is 13.9 Å². The predicted molar refractivity (Wildman–Crippen MR) is 68.8 cm³/mol. The first-order valence-corrected chi connectivity index (χ1v) is 6.81. The molecule has 1 aliphatic heterocycles. The second kappa shape index (κ2) is 4.48. The van der Waals surface area contributed by atoms with Crippen LogP contribution in [-0.4, -0.2) is 22.3 Å². The Morgan fingerprint density at radius 1 is 1.50 bits per heavy atom. The monoisotopic (exact) mass is 283 g/mol. The van der Waals surface area contributed by atoms with Crippen LogP contribution in [0.2, 0.25) is 5.02 Å². The largest absolute Gasteiger partial charge is 0.462 e. The first kappa shape index (κ1) is 11.9. The minimum absolute atomic E-state index is 0.0335. The third kappa shape index (κ3) is 2.20. The van der Waals surface area contributed by atoms with E-state index in [1.54, 1.807) is 18.2 Å². The van der Waals surface area contributed by atoms with E-state index in [9.17, 15) is 4.79 Å². The van der Waals surface area contributed by atoms with Crippen LogP contribution in [0.4, 0.5) is 0 Å². The number of thioether (sulfide) groups is 1. The van der Waals surface area contributed by atoms with E-state index < -0.39 is 0 Å². The molecule has 2 atom stereocenters. The Balaban J connectivity index is 1.85. The maximum absolute atomic E-state index is 11.5. The molecule has 0 spiro atoms. The second-order valence-corrected chi connectivity index (χ2v) is 5.77. The minimum Gasteiger partial charge on any atom is -0.462 e. The van der Waals surface area contributed by atoms with Crippen LogP contribution in [0, 0.1) is 0 Å². The summed E-state index contributed by atoms with van der Waals surface area (Å²) >= 11 is 7.18. The number of nitrogens with zero attached hydrogens (tertiary/aromatic N) is 1. The Morgan fingerprint density at radius 2 is 2.33 bits per heavy atom. The fourth-order valence-electron chi connectivity index (χ4n) is 1.87. The van der Waals surface area contributed by atoms with Gasteiger partial charge in [0.25, 0.3) is 5.22 Å². The number of fused-ring (bicyclic) bond motifs is 1. The van der Waals surface area contributed by atoms with E-state index in [4.69, 9.17) is 20.8 Å². The average Bonchev–Trinajstić information content (AvgIpc) is 2.82. The number of halogens is 1. The maximum Gasteiger partial charge on any atom is 0.320 e. The van der Waals surface area contributed by atoms with Crippen LogP contribution in [0.1, 0.15) is 13.3 Å². The Kier molecular flexibility index (Phi) is 2.95. The van der Waals surface area contributed by atoms with E-state index in [2.05, 4.69) is 4.98 Å². The molecule has 0 unspecified atom stereocenters. The molecule has 0 N–H and O–H groups in total. The Hall–Kier alpha value is -1.20. The van der Waals surface area contributed by atoms with Crippen molar-refractivity contribution in [2.45, 2.75) is 29.9 Å². The van der Waals surface area contributed by atoms with Gasteiger partial charge < -0.3 is 9.15 Å². The maximum atomic E-state index is 11.5. The van der Waals surface area contributed by atoms with Crippen molar-refractivity contribution >= 4 is 40.4 Å². The van der Waals surface area contributed by atoms with Crippen LogP contribution in [0.15, 0.2) is 27.8 Å². The fraction of sp³-hybridized carbons (Fsp3) is 0.333. The highest BCUT2D eigenvalue weighted by atomic mass is 35.5. The van der Waals surface area contributed by atoms with Crippen molar-refractivity contribution in [3.8, 4) is 0 Å². The summed E-state index contributed by atoms with van der Waals surface area (Å²) in [6.07, 6.45) is 0.650. The smallest absolute Gasteiger partial charge is 0.320 e. The van der Waals surface area contributed by atoms with Gasteiger partial charge in [-0.1, -0.05) is 23.4 Å². The van der Waals surface area contributed by atoms with Gasteiger partial charge in [-0.05, 0) is 25.1 Å². The van der Waals surface area contributed by atoms with E-state index in [1.165, 1.54) is 11.8 Å². The first-order valence-electron chi connectivity index (χ1n) is 5.55. The highest BCUT2D eigenvalue weighted by Gasteiger charge is 2.34. The van der Waals surface area contributed by atoms with E-state index in [0.29, 0.717) is 27.8 Å². The van der Waals surface area contributed by atoms with Gasteiger partial charge in [-0.2, -0.15) is 0 Å². The number of carbonyl (C=O) groups excluding carboxylic acids is 1. The summed E-state index contributed by atoms with van der Waals surface area (Å²) in [7, 11) is 0. The molecule has 2 aromatic rings. The summed E-state index contributed by atoms with van der Waals surface area (Å²) in [5.74, 6) is -0.201. The lowest BCUT2D eigenvalue weighted by molar-refractivity contribution is -0.140. The summed E-state index contributed by atoms with van der Waals surface area (Å²) in [5.41, 5.74) is 1.37. The highest BCUT2D eigenvalue weighted by molar-refractivity contribution is 8.00. The summed E-state index contributed by atoms with van der Waals surface area (Å²) in [5, 5.41) is 0.855. The third-order valence-electron chi connectivity index (χ3n) is 2.70. The molecule has 4 nitrogen and oxygen atoms in total. The van der Waals surface area contributed by atoms with E-state index >= 15 is 0 Å². The van der Waals surface area contributed by atoms with Crippen molar-refractivity contribution in [1.82, 2.24) is 4.98 Å². The number of oxazole rings is 1. The molecule has 0 aliphatic carbocycles. The van der Waals surface area contributed by atoms with Crippen molar-refractivity contribution in [3.05, 3.63) is 23.2 Å². The average molecular weight is 284 g/mol. The number of hydrogen-bond donors (Lipinski definition) is 0. The lowest BCUT2D eigenvalue weighted by Gasteiger charge is -1.99. The van der Waals surface area contributed by atoms with E-state index in [0.717, 1.165) is 0 Å². The molecule has 0 bridgehead atoms. The number of benzene rings is 1. The SMILES string of the molecule is C[C@@H]1C[C@H](Sc2nc3cc(Cl)ccc3o2)C(=O)O1. The van der Waals surface area contributed by atoms with Gasteiger partial charge in [0.15, 0.2) is 5.58 Å². The molecular formula is C12H10ClNO3S. The van der Waals surface area contributed by atoms with Gasteiger partial charge in [0, 0.05) is 11.4 Å². The molecule has 3 rings (SSSR count). The fourth-order valence-corrected chi connectivity index (χ4v) is 3.09. The number of aromatic nitrogens is 1. The minimum atomic E-state index is -0.233. The Labute approximate surface area is 113 Å². The molecule has 6 heteroatoms. The molecule has 1 aromatic heterocycles. The van der Waals surface area contributed by atoms with E-state index in [1.807, 2.05) is 6.92 Å².